The molecule has 4 rings (SSSR count). The number of aromatic nitrogens is 2. The number of piperidine rings is 1. The van der Waals surface area contributed by atoms with Crippen molar-refractivity contribution >= 4 is 35.4 Å². The minimum absolute atomic E-state index is 0.0253. The van der Waals surface area contributed by atoms with E-state index in [4.69, 9.17) is 21.1 Å². The van der Waals surface area contributed by atoms with Crippen LogP contribution in [0.2, 0.25) is 5.02 Å². The van der Waals surface area contributed by atoms with Crippen molar-refractivity contribution in [3.8, 4) is 0 Å². The lowest BCUT2D eigenvalue weighted by atomic mass is 9.87. The van der Waals surface area contributed by atoms with Gasteiger partial charge in [0.05, 0.1) is 36.3 Å². The first-order valence-corrected chi connectivity index (χ1v) is 14.2. The number of likely N-dealkylation sites (tertiary alicyclic amines) is 1. The van der Waals surface area contributed by atoms with Gasteiger partial charge in [-0.25, -0.2) is 19.6 Å². The van der Waals surface area contributed by atoms with Gasteiger partial charge in [0.15, 0.2) is 0 Å². The summed E-state index contributed by atoms with van der Waals surface area (Å²) in [7, 11) is 0. The van der Waals surface area contributed by atoms with Crippen LogP contribution in [0.5, 0.6) is 0 Å². The number of carbonyl (C=O) groups is 2. The molecule has 224 valence electrons. The van der Waals surface area contributed by atoms with E-state index in [0.717, 1.165) is 12.1 Å². The number of halogens is 4. The van der Waals surface area contributed by atoms with Crippen LogP contribution in [0.1, 0.15) is 64.5 Å². The average molecular weight is 598 g/mol. The molecule has 2 aromatic rings. The average Bonchev–Trinajstić information content (AvgIpc) is 3.35. The highest BCUT2D eigenvalue weighted by atomic mass is 35.5. The molecule has 3 heterocycles. The van der Waals surface area contributed by atoms with E-state index in [0.29, 0.717) is 49.4 Å². The lowest BCUT2D eigenvalue weighted by Crippen LogP contribution is -2.57. The zero-order valence-corrected chi connectivity index (χ0v) is 24.3. The summed E-state index contributed by atoms with van der Waals surface area (Å²) in [5.74, 6) is 0.294. The van der Waals surface area contributed by atoms with E-state index < -0.39 is 17.8 Å². The highest BCUT2D eigenvalue weighted by Gasteiger charge is 2.41. The molecule has 2 saturated heterocycles. The molecular weight excluding hydrogens is 563 g/mol. The van der Waals surface area contributed by atoms with Crippen LogP contribution in [-0.4, -0.2) is 64.4 Å². The molecule has 0 radical (unpaired) electrons. The van der Waals surface area contributed by atoms with E-state index in [-0.39, 0.29) is 48.5 Å². The first kappa shape index (κ1) is 30.7. The minimum Gasteiger partial charge on any atom is -0.447 e. The largest absolute Gasteiger partial charge is 0.447 e. The van der Waals surface area contributed by atoms with E-state index in [1.807, 2.05) is 18.7 Å². The lowest BCUT2D eigenvalue weighted by molar-refractivity contribution is -0.137. The lowest BCUT2D eigenvalue weighted by Gasteiger charge is -2.47. The number of benzene rings is 1. The third kappa shape index (κ3) is 7.14. The van der Waals surface area contributed by atoms with Crippen molar-refractivity contribution in [3.05, 3.63) is 46.7 Å². The Morgan fingerprint density at radius 3 is 2.29 bits per heavy atom. The van der Waals surface area contributed by atoms with E-state index in [1.54, 1.807) is 18.7 Å². The molecule has 0 spiro atoms. The third-order valence-corrected chi connectivity index (χ3v) is 7.62. The first-order chi connectivity index (χ1) is 19.4. The molecule has 41 heavy (non-hydrogen) atoms. The fourth-order valence-electron chi connectivity index (χ4n) is 5.49. The monoisotopic (exact) mass is 597 g/mol. The molecule has 13 heteroatoms. The topological polar surface area (TPSA) is 88.1 Å². The Morgan fingerprint density at radius 2 is 1.78 bits per heavy atom. The van der Waals surface area contributed by atoms with Gasteiger partial charge in [-0.05, 0) is 63.3 Å². The maximum absolute atomic E-state index is 13.6. The van der Waals surface area contributed by atoms with Crippen LogP contribution in [0, 0.1) is 0 Å². The number of hydrogen-bond acceptors (Lipinski definition) is 7. The Bertz CT molecular complexity index is 1220. The Kier molecular flexibility index (Phi) is 9.51. The summed E-state index contributed by atoms with van der Waals surface area (Å²) in [5.41, 5.74) is -0.0290. The van der Waals surface area contributed by atoms with Gasteiger partial charge in [0.1, 0.15) is 6.61 Å². The van der Waals surface area contributed by atoms with Crippen molar-refractivity contribution < 1.29 is 32.2 Å². The highest BCUT2D eigenvalue weighted by Crippen LogP contribution is 2.36. The van der Waals surface area contributed by atoms with Crippen molar-refractivity contribution in [2.24, 2.45) is 0 Å². The number of ether oxygens (including phenoxy) is 2. The molecule has 0 saturated carbocycles. The molecule has 9 nitrogen and oxygen atoms in total. The van der Waals surface area contributed by atoms with Crippen LogP contribution in [0.15, 0.2) is 30.6 Å². The molecule has 2 aliphatic rings. The Morgan fingerprint density at radius 1 is 1.15 bits per heavy atom. The van der Waals surface area contributed by atoms with Gasteiger partial charge in [0.25, 0.3) is 0 Å². The predicted molar refractivity (Wildman–Crippen MR) is 148 cm³/mol. The molecular formula is C28H35ClF3N5O4. The van der Waals surface area contributed by atoms with Gasteiger partial charge in [-0.3, -0.25) is 4.90 Å². The second-order valence-corrected chi connectivity index (χ2v) is 11.0. The number of hydrogen-bond donors (Lipinski definition) is 0. The Hall–Kier alpha value is -3.28. The van der Waals surface area contributed by atoms with Crippen molar-refractivity contribution in [1.29, 1.82) is 0 Å². The maximum atomic E-state index is 13.6. The zero-order chi connectivity index (χ0) is 29.9. The molecule has 2 fully saturated rings. The smallest absolute Gasteiger partial charge is 0.416 e. The Labute approximate surface area is 242 Å². The summed E-state index contributed by atoms with van der Waals surface area (Å²) in [6.07, 6.45) is -0.267. The molecule has 0 aliphatic carbocycles. The zero-order valence-electron chi connectivity index (χ0n) is 23.5. The number of alkyl halides is 3. The van der Waals surface area contributed by atoms with Gasteiger partial charge in [0.2, 0.25) is 5.95 Å². The Balaban J connectivity index is 1.70. The van der Waals surface area contributed by atoms with Crippen molar-refractivity contribution in [2.45, 2.75) is 90.3 Å². The number of cyclic esters (lactones) is 1. The second-order valence-electron chi connectivity index (χ2n) is 10.6. The fourth-order valence-corrected chi connectivity index (χ4v) is 5.74. The normalized spacial score (nSPS) is 21.3. The van der Waals surface area contributed by atoms with Crippen molar-refractivity contribution in [3.63, 3.8) is 0 Å². The van der Waals surface area contributed by atoms with Gasteiger partial charge >= 0.3 is 18.4 Å². The number of anilines is 2. The minimum atomic E-state index is -4.56. The van der Waals surface area contributed by atoms with Crippen molar-refractivity contribution in [1.82, 2.24) is 14.9 Å². The summed E-state index contributed by atoms with van der Waals surface area (Å²) >= 11 is 6.11. The third-order valence-electron chi connectivity index (χ3n) is 7.40. The second kappa shape index (κ2) is 12.7. The molecule has 1 aromatic heterocycles. The standard InChI is InChI=1S/C28H35ClF3N5O4/c1-5-21-12-23(13-22(6-2)37(21)27(39)41-17(3)4)36(16-18-9-19(28(30,31)32)11-20(29)10-18)25-33-14-24(15-34-25)35-7-8-40-26(35)38/h9-11,14-15,17,21-23H,5-8,12-13,16H2,1-4H3/t21-,22+,23?. The fraction of sp³-hybridized carbons (Fsp3) is 0.571. The van der Waals surface area contributed by atoms with Crippen molar-refractivity contribution in [2.75, 3.05) is 23.0 Å². The first-order valence-electron chi connectivity index (χ1n) is 13.8. The predicted octanol–water partition coefficient (Wildman–Crippen LogP) is 6.68. The van der Waals surface area contributed by atoms with Crippen LogP contribution < -0.4 is 9.80 Å². The van der Waals surface area contributed by atoms with E-state index in [9.17, 15) is 22.8 Å². The van der Waals surface area contributed by atoms with Crippen LogP contribution >= 0.6 is 11.6 Å². The molecule has 1 unspecified atom stereocenters. The van der Waals surface area contributed by atoms with Crippen LogP contribution in [0.4, 0.5) is 34.4 Å². The summed E-state index contributed by atoms with van der Waals surface area (Å²) in [4.78, 5) is 39.2. The van der Waals surface area contributed by atoms with Gasteiger partial charge in [-0.2, -0.15) is 13.2 Å². The van der Waals surface area contributed by atoms with E-state index in [2.05, 4.69) is 9.97 Å². The molecule has 2 amide bonds. The summed E-state index contributed by atoms with van der Waals surface area (Å²) in [6, 6.07) is 2.96. The van der Waals surface area contributed by atoms with E-state index >= 15 is 0 Å². The summed E-state index contributed by atoms with van der Waals surface area (Å²) in [5, 5.41) is -0.0253. The number of carbonyl (C=O) groups excluding carboxylic acids is 2. The molecule has 0 bridgehead atoms. The van der Waals surface area contributed by atoms with Crippen LogP contribution in [0.25, 0.3) is 0 Å². The molecule has 3 atom stereocenters. The molecule has 2 aliphatic heterocycles. The van der Waals surface area contributed by atoms with Gasteiger partial charge in [-0.1, -0.05) is 25.4 Å². The molecule has 1 aromatic carbocycles. The van der Waals surface area contributed by atoms with Gasteiger partial charge in [-0.15, -0.1) is 0 Å². The van der Waals surface area contributed by atoms with Gasteiger partial charge < -0.3 is 19.3 Å². The number of rotatable bonds is 8. The van der Waals surface area contributed by atoms with E-state index in [1.165, 1.54) is 23.4 Å². The summed E-state index contributed by atoms with van der Waals surface area (Å²) < 4.78 is 51.3. The highest BCUT2D eigenvalue weighted by molar-refractivity contribution is 6.30. The quantitative estimate of drug-likeness (QED) is 0.335. The summed E-state index contributed by atoms with van der Waals surface area (Å²) in [6.45, 7) is 8.28. The SMILES string of the molecule is CC[C@@H]1CC(N(Cc2cc(Cl)cc(C(F)(F)F)c2)c2ncc(N3CCOC3=O)cn2)C[C@H](CC)N1C(=O)OC(C)C. The van der Waals surface area contributed by atoms with Crippen LogP contribution in [0.3, 0.4) is 0 Å². The van der Waals surface area contributed by atoms with Crippen LogP contribution in [-0.2, 0) is 22.2 Å². The number of amides is 2. The van der Waals surface area contributed by atoms with Gasteiger partial charge in [0, 0.05) is 29.7 Å². The molecule has 0 N–H and O–H groups in total. The number of nitrogens with zero attached hydrogens (tertiary/aromatic N) is 5. The maximum Gasteiger partial charge on any atom is 0.416 e.